The van der Waals surface area contributed by atoms with Crippen molar-refractivity contribution in [2.45, 2.75) is 38.7 Å². The molecule has 1 saturated heterocycles. The van der Waals surface area contributed by atoms with E-state index in [9.17, 15) is 19.2 Å². The first-order chi connectivity index (χ1) is 13.4. The first-order valence-corrected chi connectivity index (χ1v) is 9.26. The number of fused-ring (bicyclic) bond motifs is 1. The number of imide groups is 1. The Morgan fingerprint density at radius 3 is 2.29 bits per heavy atom. The highest BCUT2D eigenvalue weighted by Gasteiger charge is 2.48. The van der Waals surface area contributed by atoms with Crippen LogP contribution in [0.25, 0.3) is 0 Å². The minimum absolute atomic E-state index is 0.318. The number of anilines is 1. The van der Waals surface area contributed by atoms with Crippen molar-refractivity contribution < 1.29 is 23.9 Å². The average Bonchev–Trinajstić information content (AvgIpc) is 2.93. The monoisotopic (exact) mass is 383 g/mol. The molecule has 2 fully saturated rings. The maximum atomic E-state index is 12.4. The fourth-order valence-electron chi connectivity index (χ4n) is 3.68. The van der Waals surface area contributed by atoms with Crippen LogP contribution >= 0.6 is 0 Å². The summed E-state index contributed by atoms with van der Waals surface area (Å²) in [5.41, 5.74) is 0.916. The standard InChI is InChI=1S/C20H21N3O5/c1-12(18(25)22-14-8-6-13(10-21)7-9-14)28-17(24)11-23-19(26)15-4-2-3-5-16(15)20(23)27/h6-9,12,15-16H,2-5,11H2,1H3,(H,22,25)/t12-,15-,16+/m0/s1. The number of esters is 1. The van der Waals surface area contributed by atoms with Gasteiger partial charge in [0.1, 0.15) is 6.54 Å². The molecule has 0 spiro atoms. The van der Waals surface area contributed by atoms with Gasteiger partial charge < -0.3 is 10.1 Å². The van der Waals surface area contributed by atoms with E-state index in [4.69, 9.17) is 10.00 Å². The van der Waals surface area contributed by atoms with Gasteiger partial charge in [0.05, 0.1) is 23.5 Å². The van der Waals surface area contributed by atoms with E-state index in [2.05, 4.69) is 5.32 Å². The van der Waals surface area contributed by atoms with Gasteiger partial charge >= 0.3 is 5.97 Å². The second-order valence-corrected chi connectivity index (χ2v) is 7.07. The lowest BCUT2D eigenvalue weighted by Crippen LogP contribution is -2.39. The summed E-state index contributed by atoms with van der Waals surface area (Å²) in [6.07, 6.45) is 2.06. The van der Waals surface area contributed by atoms with Gasteiger partial charge in [-0.05, 0) is 44.0 Å². The molecule has 28 heavy (non-hydrogen) atoms. The molecule has 1 saturated carbocycles. The lowest BCUT2D eigenvalue weighted by atomic mass is 9.81. The Morgan fingerprint density at radius 1 is 1.18 bits per heavy atom. The molecule has 2 aliphatic rings. The van der Waals surface area contributed by atoms with Crippen LogP contribution in [0.3, 0.4) is 0 Å². The molecule has 8 nitrogen and oxygen atoms in total. The van der Waals surface area contributed by atoms with Gasteiger partial charge in [-0.1, -0.05) is 12.8 Å². The van der Waals surface area contributed by atoms with E-state index in [0.717, 1.165) is 17.7 Å². The average molecular weight is 383 g/mol. The number of hydrogen-bond donors (Lipinski definition) is 1. The Hall–Kier alpha value is -3.21. The van der Waals surface area contributed by atoms with E-state index < -0.39 is 24.5 Å². The summed E-state index contributed by atoms with van der Waals surface area (Å²) in [5, 5.41) is 11.4. The van der Waals surface area contributed by atoms with Crippen molar-refractivity contribution in [2.24, 2.45) is 11.8 Å². The molecule has 3 amide bonds. The van der Waals surface area contributed by atoms with Crippen LogP contribution in [-0.2, 0) is 23.9 Å². The summed E-state index contributed by atoms with van der Waals surface area (Å²) in [7, 11) is 0. The molecule has 0 bridgehead atoms. The summed E-state index contributed by atoms with van der Waals surface area (Å²) < 4.78 is 5.09. The number of amides is 3. The molecule has 1 aliphatic heterocycles. The minimum Gasteiger partial charge on any atom is -0.451 e. The van der Waals surface area contributed by atoms with Crippen molar-refractivity contribution in [3.63, 3.8) is 0 Å². The zero-order valence-electron chi connectivity index (χ0n) is 15.5. The maximum Gasteiger partial charge on any atom is 0.326 e. The maximum absolute atomic E-state index is 12.4. The van der Waals surface area contributed by atoms with Crippen LogP contribution in [0.1, 0.15) is 38.2 Å². The zero-order chi connectivity index (χ0) is 20.3. The Labute approximate surface area is 162 Å². The molecule has 1 N–H and O–H groups in total. The summed E-state index contributed by atoms with van der Waals surface area (Å²) in [6.45, 7) is 0.934. The molecule has 0 aromatic heterocycles. The van der Waals surface area contributed by atoms with Gasteiger partial charge in [-0.3, -0.25) is 24.1 Å². The first-order valence-electron chi connectivity index (χ1n) is 9.26. The second-order valence-electron chi connectivity index (χ2n) is 7.07. The van der Waals surface area contributed by atoms with Crippen molar-refractivity contribution >= 4 is 29.4 Å². The third-order valence-electron chi connectivity index (χ3n) is 5.18. The predicted molar refractivity (Wildman–Crippen MR) is 97.5 cm³/mol. The molecule has 3 rings (SSSR count). The number of nitrogens with one attached hydrogen (secondary N) is 1. The molecule has 0 radical (unpaired) electrons. The van der Waals surface area contributed by atoms with Crippen LogP contribution in [-0.4, -0.2) is 41.2 Å². The molecule has 1 aliphatic carbocycles. The van der Waals surface area contributed by atoms with Gasteiger partial charge in [0, 0.05) is 5.69 Å². The number of carbonyl (C=O) groups excluding carboxylic acids is 4. The molecule has 1 aromatic carbocycles. The lowest BCUT2D eigenvalue weighted by Gasteiger charge is -2.19. The molecular formula is C20H21N3O5. The molecule has 8 heteroatoms. The summed E-state index contributed by atoms with van der Waals surface area (Å²) in [4.78, 5) is 50.1. The Bertz CT molecular complexity index is 818. The van der Waals surface area contributed by atoms with E-state index in [1.54, 1.807) is 24.3 Å². The summed E-state index contributed by atoms with van der Waals surface area (Å²) >= 11 is 0. The van der Waals surface area contributed by atoms with Crippen molar-refractivity contribution in [3.8, 4) is 6.07 Å². The highest BCUT2D eigenvalue weighted by Crippen LogP contribution is 2.37. The topological polar surface area (TPSA) is 117 Å². The Balaban J connectivity index is 1.53. The van der Waals surface area contributed by atoms with Crippen LogP contribution < -0.4 is 5.32 Å². The number of ether oxygens (including phenoxy) is 1. The predicted octanol–water partition coefficient (Wildman–Crippen LogP) is 1.60. The van der Waals surface area contributed by atoms with Gasteiger partial charge in [-0.2, -0.15) is 5.26 Å². The van der Waals surface area contributed by atoms with Gasteiger partial charge in [-0.25, -0.2) is 0 Å². The lowest BCUT2D eigenvalue weighted by molar-refractivity contribution is -0.158. The number of nitrogens with zero attached hydrogens (tertiary/aromatic N) is 2. The fourth-order valence-corrected chi connectivity index (χ4v) is 3.68. The third-order valence-corrected chi connectivity index (χ3v) is 5.18. The molecule has 146 valence electrons. The largest absolute Gasteiger partial charge is 0.451 e. The van der Waals surface area contributed by atoms with Gasteiger partial charge in [-0.15, -0.1) is 0 Å². The van der Waals surface area contributed by atoms with E-state index in [-0.39, 0.29) is 23.7 Å². The molecule has 0 unspecified atom stereocenters. The number of benzene rings is 1. The molecule has 3 atom stereocenters. The van der Waals surface area contributed by atoms with Crippen molar-refractivity contribution in [2.75, 3.05) is 11.9 Å². The first kappa shape index (κ1) is 19.5. The number of rotatable bonds is 5. The van der Waals surface area contributed by atoms with Crippen LogP contribution in [0.2, 0.25) is 0 Å². The Morgan fingerprint density at radius 2 is 1.75 bits per heavy atom. The molecule has 1 aromatic rings. The summed E-state index contributed by atoms with van der Waals surface area (Å²) in [6, 6.07) is 8.21. The molecule has 1 heterocycles. The van der Waals surface area contributed by atoms with Gasteiger partial charge in [0.25, 0.3) is 5.91 Å². The SMILES string of the molecule is C[C@H](OC(=O)CN1C(=O)[C@H]2CCCC[C@H]2C1=O)C(=O)Nc1ccc(C#N)cc1. The van der Waals surface area contributed by atoms with Crippen LogP contribution in [0.5, 0.6) is 0 Å². The van der Waals surface area contributed by atoms with Crippen LogP contribution in [0, 0.1) is 23.2 Å². The van der Waals surface area contributed by atoms with E-state index in [1.165, 1.54) is 6.92 Å². The van der Waals surface area contributed by atoms with E-state index in [1.807, 2.05) is 6.07 Å². The number of carbonyl (C=O) groups is 4. The number of likely N-dealkylation sites (tertiary alicyclic amines) is 1. The zero-order valence-corrected chi connectivity index (χ0v) is 15.5. The number of hydrogen-bond acceptors (Lipinski definition) is 6. The highest BCUT2D eigenvalue weighted by molar-refractivity contribution is 6.07. The van der Waals surface area contributed by atoms with E-state index in [0.29, 0.717) is 24.1 Å². The smallest absolute Gasteiger partial charge is 0.326 e. The Kier molecular flexibility index (Phi) is 5.73. The molecular weight excluding hydrogens is 362 g/mol. The van der Waals surface area contributed by atoms with E-state index >= 15 is 0 Å². The fraction of sp³-hybridized carbons (Fsp3) is 0.450. The van der Waals surface area contributed by atoms with Crippen molar-refractivity contribution in [1.82, 2.24) is 4.90 Å². The van der Waals surface area contributed by atoms with Crippen molar-refractivity contribution in [3.05, 3.63) is 29.8 Å². The van der Waals surface area contributed by atoms with Gasteiger partial charge in [0.2, 0.25) is 11.8 Å². The highest BCUT2D eigenvalue weighted by atomic mass is 16.5. The minimum atomic E-state index is -1.10. The van der Waals surface area contributed by atoms with Gasteiger partial charge in [0.15, 0.2) is 6.10 Å². The normalized spacial score (nSPS) is 22.2. The van der Waals surface area contributed by atoms with Crippen LogP contribution in [0.4, 0.5) is 5.69 Å². The number of nitriles is 1. The third kappa shape index (κ3) is 4.03. The second kappa shape index (κ2) is 8.21. The van der Waals surface area contributed by atoms with Crippen LogP contribution in [0.15, 0.2) is 24.3 Å². The van der Waals surface area contributed by atoms with Crippen molar-refractivity contribution in [1.29, 1.82) is 5.26 Å². The quantitative estimate of drug-likeness (QED) is 0.610. The summed E-state index contributed by atoms with van der Waals surface area (Å²) in [5.74, 6) is -2.64.